The molecule has 1 heteroatoms. The Labute approximate surface area is 111 Å². The van der Waals surface area contributed by atoms with E-state index in [1.54, 1.807) is 0 Å². The fraction of sp³-hybridized carbons (Fsp3) is 0.125. The molecule has 0 nitrogen and oxygen atoms in total. The van der Waals surface area contributed by atoms with Gasteiger partial charge < -0.3 is 0 Å². The first-order chi connectivity index (χ1) is 8.27. The Morgan fingerprint density at radius 2 is 1.71 bits per heavy atom. The van der Waals surface area contributed by atoms with E-state index in [4.69, 9.17) is 0 Å². The highest BCUT2D eigenvalue weighted by Crippen LogP contribution is 2.17. The van der Waals surface area contributed by atoms with Gasteiger partial charge in [0.15, 0.2) is 0 Å². The monoisotopic (exact) mass is 286 g/mol. The zero-order chi connectivity index (χ0) is 12.1. The number of hydrogen-bond acceptors (Lipinski definition) is 0. The van der Waals surface area contributed by atoms with Crippen molar-refractivity contribution in [1.29, 1.82) is 0 Å². The van der Waals surface area contributed by atoms with Crippen LogP contribution in [0.1, 0.15) is 16.7 Å². The second kappa shape index (κ2) is 5.83. The molecule has 2 aromatic carbocycles. The first-order valence-electron chi connectivity index (χ1n) is 5.73. The van der Waals surface area contributed by atoms with Crippen LogP contribution in [0.15, 0.2) is 59.1 Å². The Bertz CT molecular complexity index is 527. The number of rotatable bonds is 3. The van der Waals surface area contributed by atoms with Crippen LogP contribution in [0, 0.1) is 6.92 Å². The van der Waals surface area contributed by atoms with Crippen LogP contribution in [0.25, 0.3) is 6.08 Å². The molecule has 0 aliphatic heterocycles. The van der Waals surface area contributed by atoms with Crippen molar-refractivity contribution in [2.75, 3.05) is 0 Å². The van der Waals surface area contributed by atoms with Gasteiger partial charge in [-0.1, -0.05) is 70.5 Å². The maximum atomic E-state index is 3.55. The Morgan fingerprint density at radius 1 is 1.00 bits per heavy atom. The van der Waals surface area contributed by atoms with E-state index in [0.29, 0.717) is 0 Å². The third-order valence-corrected chi connectivity index (χ3v) is 3.52. The predicted molar refractivity (Wildman–Crippen MR) is 78.1 cm³/mol. The lowest BCUT2D eigenvalue weighted by atomic mass is 10.1. The Morgan fingerprint density at radius 3 is 2.47 bits per heavy atom. The molecule has 17 heavy (non-hydrogen) atoms. The van der Waals surface area contributed by atoms with Crippen LogP contribution < -0.4 is 0 Å². The summed E-state index contributed by atoms with van der Waals surface area (Å²) in [6.07, 6.45) is 5.35. The van der Waals surface area contributed by atoms with Gasteiger partial charge in [-0.05, 0) is 36.1 Å². The first-order valence-corrected chi connectivity index (χ1v) is 6.52. The van der Waals surface area contributed by atoms with Crippen LogP contribution in [-0.4, -0.2) is 0 Å². The fourth-order valence-electron chi connectivity index (χ4n) is 1.76. The van der Waals surface area contributed by atoms with Gasteiger partial charge in [0, 0.05) is 4.47 Å². The number of halogens is 1. The van der Waals surface area contributed by atoms with Gasteiger partial charge in [-0.2, -0.15) is 0 Å². The molecular formula is C16H15Br. The quantitative estimate of drug-likeness (QED) is 0.744. The summed E-state index contributed by atoms with van der Waals surface area (Å²) in [5.41, 5.74) is 3.96. The lowest BCUT2D eigenvalue weighted by Crippen LogP contribution is -1.85. The lowest BCUT2D eigenvalue weighted by molar-refractivity contribution is 1.22. The fourth-order valence-corrected chi connectivity index (χ4v) is 2.18. The third-order valence-electron chi connectivity index (χ3n) is 2.80. The zero-order valence-electron chi connectivity index (χ0n) is 9.86. The molecule has 0 radical (unpaired) electrons. The van der Waals surface area contributed by atoms with Gasteiger partial charge in [0.05, 0.1) is 0 Å². The number of hydrogen-bond donors (Lipinski definition) is 0. The molecule has 86 valence electrons. The van der Waals surface area contributed by atoms with Crippen LogP contribution in [-0.2, 0) is 6.42 Å². The van der Waals surface area contributed by atoms with Crippen molar-refractivity contribution in [3.05, 3.63) is 75.8 Å². The summed E-state index contributed by atoms with van der Waals surface area (Å²) < 4.78 is 1.14. The topological polar surface area (TPSA) is 0 Å². The van der Waals surface area contributed by atoms with Gasteiger partial charge in [-0.25, -0.2) is 0 Å². The average Bonchev–Trinajstić information content (AvgIpc) is 2.34. The number of allylic oxidation sites excluding steroid dienone is 1. The van der Waals surface area contributed by atoms with Crippen molar-refractivity contribution >= 4 is 22.0 Å². The molecule has 0 amide bonds. The van der Waals surface area contributed by atoms with E-state index < -0.39 is 0 Å². The highest BCUT2D eigenvalue weighted by Gasteiger charge is 1.95. The Hall–Kier alpha value is -1.34. The van der Waals surface area contributed by atoms with Crippen LogP contribution >= 0.6 is 15.9 Å². The van der Waals surface area contributed by atoms with Crippen molar-refractivity contribution in [2.24, 2.45) is 0 Å². The van der Waals surface area contributed by atoms with Crippen LogP contribution in [0.2, 0.25) is 0 Å². The standard InChI is InChI=1S/C16H15Br/c1-13-7-2-3-8-14(13)10-6-11-15-9-4-5-12-16(15)17/h2-9,11-12H,10H2,1H3. The minimum Gasteiger partial charge on any atom is -0.0795 e. The summed E-state index contributed by atoms with van der Waals surface area (Å²) in [6, 6.07) is 16.8. The second-order valence-corrected chi connectivity index (χ2v) is 4.91. The molecule has 2 aromatic rings. The van der Waals surface area contributed by atoms with Crippen LogP contribution in [0.4, 0.5) is 0 Å². The highest BCUT2D eigenvalue weighted by atomic mass is 79.9. The normalized spacial score (nSPS) is 10.9. The van der Waals surface area contributed by atoms with E-state index in [-0.39, 0.29) is 0 Å². The summed E-state index contributed by atoms with van der Waals surface area (Å²) in [7, 11) is 0. The molecule has 0 N–H and O–H groups in total. The minimum absolute atomic E-state index is 0.980. The molecule has 0 aliphatic rings. The molecule has 0 fully saturated rings. The summed E-state index contributed by atoms with van der Waals surface area (Å²) in [4.78, 5) is 0. The second-order valence-electron chi connectivity index (χ2n) is 4.05. The molecular weight excluding hydrogens is 272 g/mol. The van der Waals surface area contributed by atoms with E-state index in [9.17, 15) is 0 Å². The van der Waals surface area contributed by atoms with Gasteiger partial charge in [-0.3, -0.25) is 0 Å². The largest absolute Gasteiger partial charge is 0.0795 e. The molecule has 0 aromatic heterocycles. The van der Waals surface area contributed by atoms with Crippen molar-refractivity contribution in [2.45, 2.75) is 13.3 Å². The summed E-state index contributed by atoms with van der Waals surface area (Å²) in [6.45, 7) is 2.15. The van der Waals surface area contributed by atoms with Crippen molar-refractivity contribution in [1.82, 2.24) is 0 Å². The summed E-state index contributed by atoms with van der Waals surface area (Å²) >= 11 is 3.55. The van der Waals surface area contributed by atoms with Gasteiger partial charge in [0.1, 0.15) is 0 Å². The molecule has 0 saturated carbocycles. The molecule has 0 saturated heterocycles. The predicted octanol–water partition coefficient (Wildman–Crippen LogP) is 5.01. The molecule has 2 rings (SSSR count). The lowest BCUT2D eigenvalue weighted by Gasteiger charge is -2.01. The Kier molecular flexibility index (Phi) is 4.16. The molecule has 0 unspecified atom stereocenters. The van der Waals surface area contributed by atoms with E-state index in [1.807, 2.05) is 6.07 Å². The van der Waals surface area contributed by atoms with Gasteiger partial charge >= 0.3 is 0 Å². The minimum atomic E-state index is 0.980. The zero-order valence-corrected chi connectivity index (χ0v) is 11.4. The SMILES string of the molecule is Cc1ccccc1CC=Cc1ccccc1Br. The van der Waals surface area contributed by atoms with Gasteiger partial charge in [0.25, 0.3) is 0 Å². The maximum absolute atomic E-state index is 3.55. The number of aryl methyl sites for hydroxylation is 1. The molecule has 0 aliphatic carbocycles. The smallest absolute Gasteiger partial charge is 0.0247 e. The van der Waals surface area contributed by atoms with Crippen molar-refractivity contribution in [3.63, 3.8) is 0 Å². The Balaban J connectivity index is 2.09. The van der Waals surface area contributed by atoms with Crippen LogP contribution in [0.3, 0.4) is 0 Å². The summed E-state index contributed by atoms with van der Waals surface area (Å²) in [5.74, 6) is 0. The van der Waals surface area contributed by atoms with Crippen LogP contribution in [0.5, 0.6) is 0 Å². The van der Waals surface area contributed by atoms with E-state index in [1.165, 1.54) is 16.7 Å². The molecule has 0 bridgehead atoms. The van der Waals surface area contributed by atoms with E-state index in [0.717, 1.165) is 10.9 Å². The van der Waals surface area contributed by atoms with Crippen molar-refractivity contribution in [3.8, 4) is 0 Å². The third kappa shape index (κ3) is 3.31. The average molecular weight is 287 g/mol. The van der Waals surface area contributed by atoms with E-state index in [2.05, 4.69) is 77.5 Å². The highest BCUT2D eigenvalue weighted by molar-refractivity contribution is 9.10. The first kappa shape index (κ1) is 12.1. The van der Waals surface area contributed by atoms with Gasteiger partial charge in [0.2, 0.25) is 0 Å². The van der Waals surface area contributed by atoms with Gasteiger partial charge in [-0.15, -0.1) is 0 Å². The van der Waals surface area contributed by atoms with E-state index >= 15 is 0 Å². The number of benzene rings is 2. The van der Waals surface area contributed by atoms with Crippen molar-refractivity contribution < 1.29 is 0 Å². The molecule has 0 heterocycles. The summed E-state index contributed by atoms with van der Waals surface area (Å²) in [5, 5.41) is 0. The molecule has 0 atom stereocenters. The molecule has 0 spiro atoms. The maximum Gasteiger partial charge on any atom is 0.0247 e.